The summed E-state index contributed by atoms with van der Waals surface area (Å²) in [6.07, 6.45) is 0. The molecule has 0 saturated heterocycles. The van der Waals surface area contributed by atoms with E-state index < -0.39 is 5.91 Å². The number of aromatic nitrogens is 1. The van der Waals surface area contributed by atoms with E-state index in [1.807, 2.05) is 6.07 Å². The quantitative estimate of drug-likeness (QED) is 0.683. The number of fused-ring (bicyclic) bond motifs is 1. The van der Waals surface area contributed by atoms with Gasteiger partial charge in [0.2, 0.25) is 0 Å². The Morgan fingerprint density at radius 3 is 2.65 bits per heavy atom. The molecule has 17 heavy (non-hydrogen) atoms. The van der Waals surface area contributed by atoms with Crippen LogP contribution in [-0.2, 0) is 0 Å². The monoisotopic (exact) mass is 247 g/mol. The Morgan fingerprint density at radius 1 is 1.47 bits per heavy atom. The molecule has 0 aliphatic carbocycles. The molecule has 0 radical (unpaired) electrons. The molecule has 2 heterocycles. The van der Waals surface area contributed by atoms with Gasteiger partial charge in [-0.2, -0.15) is 5.26 Å². The van der Waals surface area contributed by atoms with Gasteiger partial charge >= 0.3 is 0 Å². The summed E-state index contributed by atoms with van der Waals surface area (Å²) < 4.78 is 0. The lowest BCUT2D eigenvalue weighted by Crippen LogP contribution is -2.10. The van der Waals surface area contributed by atoms with E-state index in [0.29, 0.717) is 15.8 Å². The van der Waals surface area contributed by atoms with Crippen molar-refractivity contribution in [2.75, 3.05) is 11.5 Å². The molecule has 86 valence electrons. The van der Waals surface area contributed by atoms with E-state index in [4.69, 9.17) is 22.5 Å². The Morgan fingerprint density at radius 2 is 2.12 bits per heavy atom. The van der Waals surface area contributed by atoms with Crippen molar-refractivity contribution >= 4 is 39.0 Å². The molecular weight excluding hydrogens is 238 g/mol. The maximum absolute atomic E-state index is 11.2. The van der Waals surface area contributed by atoms with Crippen LogP contribution in [0.2, 0.25) is 0 Å². The molecule has 0 unspecified atom stereocenters. The van der Waals surface area contributed by atoms with Gasteiger partial charge in [-0.1, -0.05) is 0 Å². The predicted molar refractivity (Wildman–Crippen MR) is 66.4 cm³/mol. The lowest BCUT2D eigenvalue weighted by atomic mass is 10.1. The molecule has 0 aliphatic rings. The van der Waals surface area contributed by atoms with E-state index in [-0.39, 0.29) is 21.9 Å². The first-order valence-electron chi connectivity index (χ1n) is 4.65. The van der Waals surface area contributed by atoms with Crippen molar-refractivity contribution in [3.63, 3.8) is 0 Å². The number of carbonyl (C=O) groups excluding carboxylic acids is 1. The summed E-state index contributed by atoms with van der Waals surface area (Å²) in [6, 6.07) is 1.97. The fourth-order valence-corrected chi connectivity index (χ4v) is 2.69. The van der Waals surface area contributed by atoms with E-state index in [9.17, 15) is 4.79 Å². The Bertz CT molecular complexity index is 682. The molecular formula is C10H9N5OS. The molecule has 2 rings (SSSR count). The molecule has 6 N–H and O–H groups in total. The van der Waals surface area contributed by atoms with Gasteiger partial charge in [-0.05, 0) is 12.5 Å². The van der Waals surface area contributed by atoms with Gasteiger partial charge in [-0.3, -0.25) is 4.79 Å². The fourth-order valence-electron chi connectivity index (χ4n) is 1.68. The van der Waals surface area contributed by atoms with Crippen LogP contribution in [0.4, 0.5) is 11.5 Å². The molecule has 7 heteroatoms. The van der Waals surface area contributed by atoms with Crippen molar-refractivity contribution in [1.82, 2.24) is 4.98 Å². The van der Waals surface area contributed by atoms with Crippen LogP contribution in [0.25, 0.3) is 10.2 Å². The molecule has 0 aromatic carbocycles. The van der Waals surface area contributed by atoms with Crippen LogP contribution in [0, 0.1) is 18.3 Å². The zero-order valence-corrected chi connectivity index (χ0v) is 9.76. The van der Waals surface area contributed by atoms with Crippen molar-refractivity contribution in [2.24, 2.45) is 5.73 Å². The number of nitrogens with zero attached hydrogens (tertiary/aromatic N) is 2. The predicted octanol–water partition coefficient (Wildman–Crippen LogP) is 0.740. The van der Waals surface area contributed by atoms with E-state index in [1.54, 1.807) is 6.92 Å². The van der Waals surface area contributed by atoms with Gasteiger partial charge in [0.25, 0.3) is 5.91 Å². The van der Waals surface area contributed by atoms with E-state index in [1.165, 1.54) is 0 Å². The second kappa shape index (κ2) is 3.61. The minimum absolute atomic E-state index is 0.134. The Labute approximate surface area is 101 Å². The topological polar surface area (TPSA) is 132 Å². The molecule has 0 saturated carbocycles. The number of thiophene rings is 1. The lowest BCUT2D eigenvalue weighted by Gasteiger charge is -2.03. The number of primary amides is 1. The number of carbonyl (C=O) groups is 1. The molecule has 2 aromatic rings. The van der Waals surface area contributed by atoms with Crippen LogP contribution in [0.5, 0.6) is 0 Å². The summed E-state index contributed by atoms with van der Waals surface area (Å²) in [6.45, 7) is 1.72. The lowest BCUT2D eigenvalue weighted by molar-refractivity contribution is 0.100. The number of aryl methyl sites for hydroxylation is 1. The van der Waals surface area contributed by atoms with Crippen LogP contribution < -0.4 is 17.2 Å². The SMILES string of the molecule is Cc1c(C#N)c(N)nc2sc(C(N)=O)c(N)c12. The molecule has 1 amide bonds. The minimum Gasteiger partial charge on any atom is -0.397 e. The van der Waals surface area contributed by atoms with Crippen LogP contribution in [0.15, 0.2) is 0 Å². The first-order chi connectivity index (χ1) is 7.97. The second-order valence-corrected chi connectivity index (χ2v) is 4.50. The number of pyridine rings is 1. The highest BCUT2D eigenvalue weighted by atomic mass is 32.1. The van der Waals surface area contributed by atoms with Gasteiger partial charge < -0.3 is 17.2 Å². The molecule has 2 aromatic heterocycles. The van der Waals surface area contributed by atoms with Gasteiger partial charge in [0.15, 0.2) is 0 Å². The van der Waals surface area contributed by atoms with Gasteiger partial charge in [0.05, 0.1) is 11.3 Å². The van der Waals surface area contributed by atoms with Gasteiger partial charge in [-0.25, -0.2) is 4.98 Å². The van der Waals surface area contributed by atoms with E-state index >= 15 is 0 Å². The number of anilines is 2. The van der Waals surface area contributed by atoms with Crippen molar-refractivity contribution in [3.8, 4) is 6.07 Å². The van der Waals surface area contributed by atoms with Gasteiger partial charge in [-0.15, -0.1) is 11.3 Å². The normalized spacial score (nSPS) is 10.4. The third-order valence-electron chi connectivity index (χ3n) is 2.49. The zero-order valence-electron chi connectivity index (χ0n) is 8.94. The summed E-state index contributed by atoms with van der Waals surface area (Å²) in [7, 11) is 0. The number of amides is 1. The summed E-state index contributed by atoms with van der Waals surface area (Å²) in [5, 5.41) is 9.54. The highest BCUT2D eigenvalue weighted by Crippen LogP contribution is 2.36. The van der Waals surface area contributed by atoms with Crippen LogP contribution >= 0.6 is 11.3 Å². The fraction of sp³-hybridized carbons (Fsp3) is 0.100. The smallest absolute Gasteiger partial charge is 0.260 e. The van der Waals surface area contributed by atoms with Crippen molar-refractivity contribution in [3.05, 3.63) is 16.0 Å². The van der Waals surface area contributed by atoms with Crippen molar-refractivity contribution < 1.29 is 4.79 Å². The summed E-state index contributed by atoms with van der Waals surface area (Å²) >= 11 is 1.08. The second-order valence-electron chi connectivity index (χ2n) is 3.50. The zero-order chi connectivity index (χ0) is 12.7. The van der Waals surface area contributed by atoms with Gasteiger partial charge in [0, 0.05) is 5.39 Å². The Kier molecular flexibility index (Phi) is 2.37. The Balaban J connectivity index is 2.95. The van der Waals surface area contributed by atoms with Gasteiger partial charge in [0.1, 0.15) is 21.6 Å². The van der Waals surface area contributed by atoms with E-state index in [0.717, 1.165) is 11.3 Å². The number of nitrogen functional groups attached to an aromatic ring is 2. The highest BCUT2D eigenvalue weighted by molar-refractivity contribution is 7.21. The van der Waals surface area contributed by atoms with Crippen molar-refractivity contribution in [1.29, 1.82) is 5.26 Å². The average Bonchev–Trinajstić information content (AvgIpc) is 2.56. The standard InChI is InChI=1S/C10H9N5OS/c1-3-4(2-11)8(13)15-10-5(3)6(12)7(17-10)9(14)16/h12H2,1H3,(H2,13,15)(H2,14,16). The first kappa shape index (κ1) is 11.2. The van der Waals surface area contributed by atoms with Crippen LogP contribution in [-0.4, -0.2) is 10.9 Å². The third-order valence-corrected chi connectivity index (χ3v) is 3.60. The largest absolute Gasteiger partial charge is 0.397 e. The molecule has 0 spiro atoms. The summed E-state index contributed by atoms with van der Waals surface area (Å²) in [5.41, 5.74) is 17.8. The first-order valence-corrected chi connectivity index (χ1v) is 5.47. The maximum Gasteiger partial charge on any atom is 0.260 e. The maximum atomic E-state index is 11.2. The molecule has 6 nitrogen and oxygen atoms in total. The number of hydrogen-bond acceptors (Lipinski definition) is 6. The van der Waals surface area contributed by atoms with Crippen LogP contribution in [0.1, 0.15) is 20.8 Å². The third kappa shape index (κ3) is 1.46. The molecule has 0 aliphatic heterocycles. The number of hydrogen-bond donors (Lipinski definition) is 3. The van der Waals surface area contributed by atoms with Crippen molar-refractivity contribution in [2.45, 2.75) is 6.92 Å². The highest BCUT2D eigenvalue weighted by Gasteiger charge is 2.19. The number of nitrogens with two attached hydrogens (primary N) is 3. The summed E-state index contributed by atoms with van der Waals surface area (Å²) in [4.78, 5) is 16.0. The minimum atomic E-state index is -0.609. The number of rotatable bonds is 1. The number of nitriles is 1. The van der Waals surface area contributed by atoms with E-state index in [2.05, 4.69) is 4.98 Å². The molecule has 0 atom stereocenters. The Hall–Kier alpha value is -2.33. The molecule has 0 fully saturated rings. The summed E-state index contributed by atoms with van der Waals surface area (Å²) in [5.74, 6) is -0.475. The molecule has 0 bridgehead atoms. The average molecular weight is 247 g/mol. The van der Waals surface area contributed by atoms with Crippen LogP contribution in [0.3, 0.4) is 0 Å².